The Hall–Kier alpha value is -1.99. The first-order valence-electron chi connectivity index (χ1n) is 11.1. The zero-order chi connectivity index (χ0) is 23.2. The van der Waals surface area contributed by atoms with E-state index in [1.54, 1.807) is 13.3 Å². The minimum atomic E-state index is -1.30. The Balaban J connectivity index is 1.89. The second kappa shape index (κ2) is 15.0. The molecule has 0 spiro atoms. The molecule has 1 saturated carbocycles. The molecule has 1 aromatic carbocycles. The highest BCUT2D eigenvalue weighted by Gasteiger charge is 2.23. The van der Waals surface area contributed by atoms with E-state index in [-0.39, 0.29) is 12.1 Å². The molecule has 8 nitrogen and oxygen atoms in total. The zero-order valence-electron chi connectivity index (χ0n) is 19.2. The maximum absolute atomic E-state index is 11.4. The van der Waals surface area contributed by atoms with Crippen molar-refractivity contribution in [1.29, 1.82) is 0 Å². The van der Waals surface area contributed by atoms with Crippen LogP contribution in [0.3, 0.4) is 0 Å². The molecule has 0 bridgehead atoms. The van der Waals surface area contributed by atoms with E-state index in [4.69, 9.17) is 13.8 Å². The lowest BCUT2D eigenvalue weighted by atomic mass is 9.96. The summed E-state index contributed by atoms with van der Waals surface area (Å²) in [5.74, 6) is 0.325. The summed E-state index contributed by atoms with van der Waals surface area (Å²) in [7, 11) is 2.24. The highest BCUT2D eigenvalue weighted by atomic mass is 31.2. The number of methoxy groups -OCH3 is 1. The van der Waals surface area contributed by atoms with E-state index >= 15 is 0 Å². The van der Waals surface area contributed by atoms with Crippen molar-refractivity contribution in [3.63, 3.8) is 0 Å². The van der Waals surface area contributed by atoms with E-state index in [0.717, 1.165) is 18.6 Å². The van der Waals surface area contributed by atoms with E-state index < -0.39 is 14.4 Å². The fourth-order valence-corrected chi connectivity index (χ4v) is 4.77. The molecule has 2 amide bonds. The van der Waals surface area contributed by atoms with Crippen LogP contribution in [0.25, 0.3) is 0 Å². The van der Waals surface area contributed by atoms with Gasteiger partial charge in [-0.2, -0.15) is 0 Å². The Kier molecular flexibility index (Phi) is 12.3. The molecule has 178 valence electrons. The summed E-state index contributed by atoms with van der Waals surface area (Å²) in [6.45, 7) is 2.43. The van der Waals surface area contributed by atoms with Gasteiger partial charge in [-0.1, -0.05) is 37.5 Å². The summed E-state index contributed by atoms with van der Waals surface area (Å²) >= 11 is 0. The van der Waals surface area contributed by atoms with Gasteiger partial charge >= 0.3 is 8.53 Å². The first kappa shape index (κ1) is 26.3. The zero-order valence-corrected chi connectivity index (χ0v) is 20.1. The van der Waals surface area contributed by atoms with Crippen LogP contribution < -0.4 is 14.9 Å². The van der Waals surface area contributed by atoms with Crippen LogP contribution in [0.15, 0.2) is 42.6 Å². The van der Waals surface area contributed by atoms with Gasteiger partial charge in [0.05, 0.1) is 12.7 Å². The lowest BCUT2D eigenvalue weighted by molar-refractivity contribution is -0.121. The van der Waals surface area contributed by atoms with Gasteiger partial charge in [0.2, 0.25) is 6.41 Å². The molecule has 0 saturated heterocycles. The molecule has 2 N–H and O–H groups in total. The number of ether oxygens (including phenoxy) is 1. The minimum absolute atomic E-state index is 0.0939. The summed E-state index contributed by atoms with van der Waals surface area (Å²) in [5.41, 5.74) is 0. The third kappa shape index (κ3) is 10.1. The largest absolute Gasteiger partial charge is 0.436 e. The SMILES string of the molecule is COC(COP(NC1CCCCC1)Oc1ccccc1)CC(C)N(C)/C=C\C(=O)NC=O. The Morgan fingerprint density at radius 3 is 2.62 bits per heavy atom. The maximum Gasteiger partial charge on any atom is 0.318 e. The van der Waals surface area contributed by atoms with Crippen LogP contribution in [0.4, 0.5) is 0 Å². The van der Waals surface area contributed by atoms with Gasteiger partial charge in [-0.25, -0.2) is 5.09 Å². The van der Waals surface area contributed by atoms with Crippen molar-refractivity contribution in [2.24, 2.45) is 0 Å². The van der Waals surface area contributed by atoms with Crippen molar-refractivity contribution >= 4 is 20.8 Å². The van der Waals surface area contributed by atoms with E-state index in [1.807, 2.05) is 49.2 Å². The quantitative estimate of drug-likeness (QED) is 0.246. The summed E-state index contributed by atoms with van der Waals surface area (Å²) in [6, 6.07) is 10.2. The van der Waals surface area contributed by atoms with Gasteiger partial charge in [-0.05, 0) is 38.3 Å². The fraction of sp³-hybridized carbons (Fsp3) is 0.565. The lowest BCUT2D eigenvalue weighted by Gasteiger charge is -2.29. The molecule has 3 atom stereocenters. The number of hydrogen-bond acceptors (Lipinski definition) is 7. The van der Waals surface area contributed by atoms with E-state index in [0.29, 0.717) is 25.5 Å². The fourth-order valence-electron chi connectivity index (χ4n) is 3.42. The summed E-state index contributed by atoms with van der Waals surface area (Å²) in [5, 5.41) is 5.66. The van der Waals surface area contributed by atoms with Crippen LogP contribution in [-0.4, -0.2) is 56.2 Å². The van der Waals surface area contributed by atoms with Crippen LogP contribution in [-0.2, 0) is 18.8 Å². The average Bonchev–Trinajstić information content (AvgIpc) is 2.81. The number of imide groups is 1. The van der Waals surface area contributed by atoms with Crippen molar-refractivity contribution < 1.29 is 23.4 Å². The van der Waals surface area contributed by atoms with Crippen molar-refractivity contribution in [3.05, 3.63) is 42.6 Å². The molecule has 1 aromatic rings. The van der Waals surface area contributed by atoms with Crippen LogP contribution in [0.5, 0.6) is 5.75 Å². The standard InChI is InChI=1S/C23H36N3O5P/c1-19(26(2)15-14-23(28)24-18-27)16-22(29-3)17-30-32(25-20-10-6-4-7-11-20)31-21-12-8-5-9-13-21/h5,8-9,12-15,18-20,22,25H,4,6-7,10-11,16-17H2,1-3H3,(H,24,27,28)/b15-14-. The molecular weight excluding hydrogens is 429 g/mol. The molecule has 3 unspecified atom stereocenters. The predicted octanol–water partition coefficient (Wildman–Crippen LogP) is 3.74. The van der Waals surface area contributed by atoms with Gasteiger partial charge in [0.1, 0.15) is 5.75 Å². The molecule has 1 aliphatic carbocycles. The topological polar surface area (TPSA) is 89.1 Å². The number of nitrogens with one attached hydrogen (secondary N) is 2. The second-order valence-corrected chi connectivity index (χ2v) is 9.18. The third-order valence-corrected chi connectivity index (χ3v) is 6.83. The number of nitrogens with zero attached hydrogens (tertiary/aromatic N) is 1. The highest BCUT2D eigenvalue weighted by molar-refractivity contribution is 7.45. The lowest BCUT2D eigenvalue weighted by Crippen LogP contribution is -2.33. The molecule has 9 heteroatoms. The summed E-state index contributed by atoms with van der Waals surface area (Å²) in [4.78, 5) is 23.6. The second-order valence-electron chi connectivity index (χ2n) is 7.97. The van der Waals surface area contributed by atoms with Crippen LogP contribution in [0.2, 0.25) is 0 Å². The monoisotopic (exact) mass is 465 g/mol. The molecular formula is C23H36N3O5P. The van der Waals surface area contributed by atoms with Crippen molar-refractivity contribution in [1.82, 2.24) is 15.3 Å². The minimum Gasteiger partial charge on any atom is -0.436 e. The van der Waals surface area contributed by atoms with Gasteiger partial charge in [0, 0.05) is 38.5 Å². The van der Waals surface area contributed by atoms with Crippen LogP contribution in [0, 0.1) is 0 Å². The molecule has 1 fully saturated rings. The Morgan fingerprint density at radius 1 is 1.25 bits per heavy atom. The van der Waals surface area contributed by atoms with Gasteiger partial charge in [-0.15, -0.1) is 0 Å². The van der Waals surface area contributed by atoms with Gasteiger partial charge in [-0.3, -0.25) is 14.9 Å². The van der Waals surface area contributed by atoms with Gasteiger partial charge < -0.3 is 18.7 Å². The molecule has 0 aliphatic heterocycles. The third-order valence-electron chi connectivity index (χ3n) is 5.50. The smallest absolute Gasteiger partial charge is 0.318 e. The molecule has 0 heterocycles. The number of amides is 2. The summed E-state index contributed by atoms with van der Waals surface area (Å²) in [6.07, 6.45) is 9.93. The summed E-state index contributed by atoms with van der Waals surface area (Å²) < 4.78 is 18.0. The molecule has 2 rings (SSSR count). The number of hydrogen-bond donors (Lipinski definition) is 2. The van der Waals surface area contributed by atoms with E-state index in [9.17, 15) is 9.59 Å². The van der Waals surface area contributed by atoms with Crippen LogP contribution in [0.1, 0.15) is 45.4 Å². The first-order valence-corrected chi connectivity index (χ1v) is 12.3. The Bertz CT molecular complexity index is 700. The number of benzene rings is 1. The average molecular weight is 466 g/mol. The molecule has 0 aromatic heterocycles. The van der Waals surface area contributed by atoms with Crippen molar-refractivity contribution in [2.45, 2.75) is 63.6 Å². The van der Waals surface area contributed by atoms with E-state index in [1.165, 1.54) is 25.3 Å². The number of rotatable bonds is 14. The van der Waals surface area contributed by atoms with Crippen molar-refractivity contribution in [3.8, 4) is 5.75 Å². The van der Waals surface area contributed by atoms with Crippen molar-refractivity contribution in [2.75, 3.05) is 20.8 Å². The van der Waals surface area contributed by atoms with E-state index in [2.05, 4.69) is 10.4 Å². The van der Waals surface area contributed by atoms with Crippen LogP contribution >= 0.6 is 8.53 Å². The first-order chi connectivity index (χ1) is 15.5. The van der Waals surface area contributed by atoms with Gasteiger partial charge in [0.15, 0.2) is 0 Å². The van der Waals surface area contributed by atoms with Gasteiger partial charge in [0.25, 0.3) is 5.91 Å². The highest BCUT2D eigenvalue weighted by Crippen LogP contribution is 2.38. The molecule has 1 aliphatic rings. The maximum atomic E-state index is 11.4. The number of carbonyl (C=O) groups is 2. The molecule has 0 radical (unpaired) electrons. The Morgan fingerprint density at radius 2 is 1.97 bits per heavy atom. The molecule has 32 heavy (non-hydrogen) atoms. The number of para-hydroxylation sites is 1. The number of carbonyl (C=O) groups excluding carboxylic acids is 2. The Labute approximate surface area is 192 Å². The normalized spacial score (nSPS) is 17.5. The predicted molar refractivity (Wildman–Crippen MR) is 126 cm³/mol.